The number of rotatable bonds is 8. The first kappa shape index (κ1) is 30.2. The quantitative estimate of drug-likeness (QED) is 0.428. The summed E-state index contributed by atoms with van der Waals surface area (Å²) >= 11 is 0. The number of amides is 2. The lowest BCUT2D eigenvalue weighted by Crippen LogP contribution is -2.44. The topological polar surface area (TPSA) is 81.9 Å². The monoisotopic (exact) mass is 577 g/mol. The molecule has 2 atom stereocenters. The zero-order valence-corrected chi connectivity index (χ0v) is 25.5. The second-order valence-corrected chi connectivity index (χ2v) is 12.6. The lowest BCUT2D eigenvalue weighted by atomic mass is 9.95. The van der Waals surface area contributed by atoms with Crippen LogP contribution in [0.5, 0.6) is 0 Å². The highest BCUT2D eigenvalue weighted by Crippen LogP contribution is 2.33. The van der Waals surface area contributed by atoms with Gasteiger partial charge < -0.3 is 24.4 Å². The molecule has 0 bridgehead atoms. The number of carbonyl (C=O) groups is 2. The van der Waals surface area contributed by atoms with Gasteiger partial charge in [0.2, 0.25) is 0 Å². The summed E-state index contributed by atoms with van der Waals surface area (Å²) in [6.45, 7) is 12.1. The Morgan fingerprint density at radius 2 is 1.81 bits per heavy atom. The van der Waals surface area contributed by atoms with Crippen molar-refractivity contribution < 1.29 is 19.1 Å². The molecule has 226 valence electrons. The molecule has 0 saturated carbocycles. The molecular formula is C33H44FN5O3. The Labute approximate surface area is 248 Å². The van der Waals surface area contributed by atoms with Gasteiger partial charge in [-0.3, -0.25) is 14.6 Å². The van der Waals surface area contributed by atoms with Crippen LogP contribution in [0.1, 0.15) is 61.5 Å². The number of carbonyl (C=O) groups excluding carboxylic acids is 2. The van der Waals surface area contributed by atoms with E-state index in [1.807, 2.05) is 30.8 Å². The summed E-state index contributed by atoms with van der Waals surface area (Å²) in [4.78, 5) is 36.0. The van der Waals surface area contributed by atoms with Crippen LogP contribution in [-0.2, 0) is 11.2 Å². The van der Waals surface area contributed by atoms with Crippen LogP contribution in [0.2, 0.25) is 0 Å². The Balaban J connectivity index is 1.33. The number of benzene rings is 1. The Kier molecular flexibility index (Phi) is 8.99. The number of aliphatic hydroxyl groups is 1. The Hall–Kier alpha value is -3.30. The fourth-order valence-corrected chi connectivity index (χ4v) is 6.63. The summed E-state index contributed by atoms with van der Waals surface area (Å²) in [6.07, 6.45) is 8.91. The summed E-state index contributed by atoms with van der Waals surface area (Å²) in [5.41, 5.74) is 4.23. The standard InChI is InChI=1S/C33H44FN5O3/c1-21(2)36(5)33(42)28-15-27(34)6-7-29(28)39-20-26(31-22(3)16-35-17-30(31)39)14-25-8-11-37(19-25)18-24-9-12-38(13-10-24)32(41)23(4)40/h6-7,15-17,20-21,23-25,40H,8-14,18-19H2,1-5H3/t23-,25-/m1/s1. The molecule has 5 rings (SSSR count). The number of aryl methyl sites for hydroxylation is 1. The van der Waals surface area contributed by atoms with E-state index in [0.29, 0.717) is 23.1 Å². The van der Waals surface area contributed by atoms with Gasteiger partial charge in [0.05, 0.1) is 23.0 Å². The van der Waals surface area contributed by atoms with Crippen molar-refractivity contribution in [2.24, 2.45) is 11.8 Å². The second kappa shape index (κ2) is 12.5. The molecule has 1 aromatic carbocycles. The van der Waals surface area contributed by atoms with Crippen molar-refractivity contribution in [1.82, 2.24) is 24.3 Å². The first-order valence-corrected chi connectivity index (χ1v) is 15.2. The number of piperidine rings is 1. The van der Waals surface area contributed by atoms with Crippen LogP contribution in [0.4, 0.5) is 4.39 Å². The molecule has 42 heavy (non-hydrogen) atoms. The van der Waals surface area contributed by atoms with E-state index in [0.717, 1.165) is 74.9 Å². The average Bonchev–Trinajstić information content (AvgIpc) is 3.57. The molecule has 0 aliphatic carbocycles. The first-order chi connectivity index (χ1) is 20.0. The Morgan fingerprint density at radius 3 is 2.50 bits per heavy atom. The number of likely N-dealkylation sites (tertiary alicyclic amines) is 2. The fraction of sp³-hybridized carbons (Fsp3) is 0.545. The third kappa shape index (κ3) is 6.22. The van der Waals surface area contributed by atoms with Gasteiger partial charge in [0.1, 0.15) is 11.9 Å². The number of aromatic nitrogens is 2. The zero-order valence-electron chi connectivity index (χ0n) is 25.5. The molecule has 2 fully saturated rings. The normalized spacial score (nSPS) is 19.1. The number of hydrogen-bond acceptors (Lipinski definition) is 5. The van der Waals surface area contributed by atoms with Crippen molar-refractivity contribution >= 4 is 22.7 Å². The van der Waals surface area contributed by atoms with E-state index in [1.165, 1.54) is 24.6 Å². The van der Waals surface area contributed by atoms with E-state index in [4.69, 9.17) is 0 Å². The third-order valence-electron chi connectivity index (χ3n) is 9.20. The summed E-state index contributed by atoms with van der Waals surface area (Å²) in [5, 5.41) is 10.8. The number of hydrogen-bond donors (Lipinski definition) is 1. The molecule has 8 nitrogen and oxygen atoms in total. The molecule has 0 spiro atoms. The fourth-order valence-electron chi connectivity index (χ4n) is 6.63. The lowest BCUT2D eigenvalue weighted by molar-refractivity contribution is -0.140. The van der Waals surface area contributed by atoms with Crippen molar-refractivity contribution in [3.05, 3.63) is 59.3 Å². The molecule has 0 radical (unpaired) electrons. The molecule has 9 heteroatoms. The molecule has 0 unspecified atom stereocenters. The van der Waals surface area contributed by atoms with Crippen LogP contribution in [-0.4, -0.2) is 93.1 Å². The minimum Gasteiger partial charge on any atom is -0.384 e. The van der Waals surface area contributed by atoms with Crippen molar-refractivity contribution in [3.63, 3.8) is 0 Å². The average molecular weight is 578 g/mol. The summed E-state index contributed by atoms with van der Waals surface area (Å²) in [6, 6.07) is 4.43. The highest BCUT2D eigenvalue weighted by atomic mass is 19.1. The Morgan fingerprint density at radius 1 is 1.10 bits per heavy atom. The maximum atomic E-state index is 14.4. The SMILES string of the molecule is Cc1cncc2c1c(C[C@H]1CCN(CC3CCN(C(=O)[C@@H](C)O)CC3)C1)cn2-c1ccc(F)cc1C(=O)N(C)C(C)C. The van der Waals surface area contributed by atoms with E-state index in [9.17, 15) is 19.1 Å². The number of fused-ring (bicyclic) bond motifs is 1. The smallest absolute Gasteiger partial charge is 0.256 e. The van der Waals surface area contributed by atoms with Crippen LogP contribution in [0.15, 0.2) is 36.8 Å². The number of aliphatic hydroxyl groups excluding tert-OH is 1. The van der Waals surface area contributed by atoms with E-state index in [-0.39, 0.29) is 17.9 Å². The molecular weight excluding hydrogens is 533 g/mol. The van der Waals surface area contributed by atoms with Crippen molar-refractivity contribution in [3.8, 4) is 5.69 Å². The molecule has 2 amide bonds. The minimum absolute atomic E-state index is 0.0147. The van der Waals surface area contributed by atoms with Gasteiger partial charge in [-0.1, -0.05) is 0 Å². The van der Waals surface area contributed by atoms with Gasteiger partial charge in [0.15, 0.2) is 0 Å². The van der Waals surface area contributed by atoms with Crippen LogP contribution in [0.3, 0.4) is 0 Å². The van der Waals surface area contributed by atoms with Gasteiger partial charge in [-0.15, -0.1) is 0 Å². The van der Waals surface area contributed by atoms with Gasteiger partial charge in [-0.25, -0.2) is 4.39 Å². The third-order valence-corrected chi connectivity index (χ3v) is 9.20. The van der Waals surface area contributed by atoms with Gasteiger partial charge >= 0.3 is 0 Å². The van der Waals surface area contributed by atoms with Crippen LogP contribution < -0.4 is 0 Å². The van der Waals surface area contributed by atoms with E-state index in [1.54, 1.807) is 22.9 Å². The predicted molar refractivity (Wildman–Crippen MR) is 162 cm³/mol. The van der Waals surface area contributed by atoms with Crippen LogP contribution >= 0.6 is 0 Å². The molecule has 2 aliphatic heterocycles. The minimum atomic E-state index is -0.928. The summed E-state index contributed by atoms with van der Waals surface area (Å²) in [5.74, 6) is 0.265. The number of halogens is 1. The maximum Gasteiger partial charge on any atom is 0.256 e. The maximum absolute atomic E-state index is 14.4. The van der Waals surface area contributed by atoms with Crippen LogP contribution in [0.25, 0.3) is 16.6 Å². The first-order valence-electron chi connectivity index (χ1n) is 15.2. The highest BCUT2D eigenvalue weighted by Gasteiger charge is 2.30. The molecule has 2 saturated heterocycles. The highest BCUT2D eigenvalue weighted by molar-refractivity contribution is 5.99. The van der Waals surface area contributed by atoms with Gasteiger partial charge in [-0.05, 0) is 101 Å². The summed E-state index contributed by atoms with van der Waals surface area (Å²) < 4.78 is 16.4. The lowest BCUT2D eigenvalue weighted by Gasteiger charge is -2.34. The molecule has 3 aromatic rings. The van der Waals surface area contributed by atoms with Gasteiger partial charge in [0.25, 0.3) is 11.8 Å². The van der Waals surface area contributed by atoms with E-state index < -0.39 is 11.9 Å². The Bertz CT molecular complexity index is 1440. The van der Waals surface area contributed by atoms with Crippen LogP contribution in [0, 0.1) is 24.6 Å². The predicted octanol–water partition coefficient (Wildman–Crippen LogP) is 4.44. The van der Waals surface area contributed by atoms with E-state index in [2.05, 4.69) is 23.0 Å². The molecule has 2 aromatic heterocycles. The largest absolute Gasteiger partial charge is 0.384 e. The van der Waals surface area contributed by atoms with Crippen molar-refractivity contribution in [2.75, 3.05) is 39.8 Å². The molecule has 1 N–H and O–H groups in total. The number of pyridine rings is 1. The van der Waals surface area contributed by atoms with Gasteiger partial charge in [0, 0.05) is 57.0 Å². The van der Waals surface area contributed by atoms with E-state index >= 15 is 0 Å². The zero-order chi connectivity index (χ0) is 30.1. The molecule has 4 heterocycles. The van der Waals surface area contributed by atoms with Gasteiger partial charge in [-0.2, -0.15) is 0 Å². The van der Waals surface area contributed by atoms with Crippen molar-refractivity contribution in [1.29, 1.82) is 0 Å². The summed E-state index contributed by atoms with van der Waals surface area (Å²) in [7, 11) is 1.75. The molecule has 2 aliphatic rings. The second-order valence-electron chi connectivity index (χ2n) is 12.6. The van der Waals surface area contributed by atoms with Crippen molar-refractivity contribution in [2.45, 2.75) is 65.5 Å². The number of nitrogens with zero attached hydrogens (tertiary/aromatic N) is 5.